The fourth-order valence-electron chi connectivity index (χ4n) is 4.91. The van der Waals surface area contributed by atoms with E-state index in [1.165, 1.54) is 28.7 Å². The van der Waals surface area contributed by atoms with Crippen LogP contribution in [-0.2, 0) is 22.4 Å². The molecular weight excluding hydrogens is 567 g/mol. The molecule has 1 fully saturated rings. The Labute approximate surface area is 253 Å². The average molecular weight is 598 g/mol. The van der Waals surface area contributed by atoms with Gasteiger partial charge in [0.25, 0.3) is 5.91 Å². The molecule has 2 unspecified atom stereocenters. The molecule has 1 heterocycles. The molecule has 3 N–H and O–H groups in total. The van der Waals surface area contributed by atoms with Crippen LogP contribution in [0.3, 0.4) is 0 Å². The summed E-state index contributed by atoms with van der Waals surface area (Å²) in [7, 11) is 0. The molecule has 11 heteroatoms. The van der Waals surface area contributed by atoms with Crippen molar-refractivity contribution in [2.75, 3.05) is 5.32 Å². The lowest BCUT2D eigenvalue weighted by Gasteiger charge is -2.17. The Kier molecular flexibility index (Phi) is 10.6. The Morgan fingerprint density at radius 2 is 1.74 bits per heavy atom. The number of amidine groups is 1. The van der Waals surface area contributed by atoms with E-state index in [1.807, 2.05) is 6.07 Å². The standard InChI is InChI=1S/C31H31N7O2S2/c1-3-19(2)28(41-30(34)35-26(39)14-20-6-4-8-22(12-20)17-32)24-10-11-25(16-24)29-37-38-31(42-29)36-27(40)15-21-7-5-9-23(13-21)18-33/h4-9,12-13,24-25H,3,10-11,14-16H2,1-2H3,(H2,34,35,39)(H,36,38,40). The number of carbonyl (C=O) groups is 2. The number of carbonyl (C=O) groups excluding carboxylic acids is 2. The van der Waals surface area contributed by atoms with Crippen molar-refractivity contribution >= 4 is 45.2 Å². The molecule has 4 rings (SSSR count). The maximum absolute atomic E-state index is 12.6. The molecule has 42 heavy (non-hydrogen) atoms. The van der Waals surface area contributed by atoms with E-state index in [0.29, 0.717) is 16.3 Å². The van der Waals surface area contributed by atoms with Crippen molar-refractivity contribution in [3.8, 4) is 12.1 Å². The lowest BCUT2D eigenvalue weighted by atomic mass is 10.0. The minimum absolute atomic E-state index is 0.0796. The SMILES string of the molecule is CCC(C)=C(SC(N)=NC(=O)Cc1cccc(C#N)c1)C1CCC(c2nnc(NC(=O)Cc3cccc(C#N)c3)s2)C1. The summed E-state index contributed by atoms with van der Waals surface area (Å²) in [4.78, 5) is 30.4. The summed E-state index contributed by atoms with van der Waals surface area (Å²) in [5, 5.41) is 31.1. The molecule has 2 amide bonds. The van der Waals surface area contributed by atoms with Gasteiger partial charge < -0.3 is 11.1 Å². The zero-order valence-electron chi connectivity index (χ0n) is 23.5. The summed E-state index contributed by atoms with van der Waals surface area (Å²) in [5.41, 5.74) is 9.95. The summed E-state index contributed by atoms with van der Waals surface area (Å²) in [6.07, 6.45) is 3.83. The smallest absolute Gasteiger partial charge is 0.252 e. The van der Waals surface area contributed by atoms with E-state index in [1.54, 1.807) is 42.5 Å². The fourth-order valence-corrected chi connectivity index (χ4v) is 6.89. The molecule has 1 aliphatic carbocycles. The molecule has 214 valence electrons. The van der Waals surface area contributed by atoms with Crippen molar-refractivity contribution in [3.05, 3.63) is 86.3 Å². The third-order valence-electron chi connectivity index (χ3n) is 7.07. The number of hydrogen-bond acceptors (Lipinski definition) is 8. The molecule has 0 bridgehead atoms. The van der Waals surface area contributed by atoms with Gasteiger partial charge in [0, 0.05) is 5.92 Å². The van der Waals surface area contributed by atoms with Gasteiger partial charge >= 0.3 is 0 Å². The predicted octanol–water partition coefficient (Wildman–Crippen LogP) is 5.85. The number of aliphatic imine (C=N–C) groups is 1. The third kappa shape index (κ3) is 8.35. The molecule has 2 atom stereocenters. The average Bonchev–Trinajstić information content (AvgIpc) is 3.65. The highest BCUT2D eigenvalue weighted by molar-refractivity contribution is 8.17. The highest BCUT2D eigenvalue weighted by Crippen LogP contribution is 2.46. The molecular formula is C31H31N7O2S2. The summed E-state index contributed by atoms with van der Waals surface area (Å²) in [6.45, 7) is 4.18. The molecule has 9 nitrogen and oxygen atoms in total. The first kappa shape index (κ1) is 30.6. The normalized spacial score (nSPS) is 17.2. The van der Waals surface area contributed by atoms with Gasteiger partial charge in [-0.2, -0.15) is 15.5 Å². The number of benzene rings is 2. The van der Waals surface area contributed by atoms with Crippen LogP contribution in [0.1, 0.15) is 72.7 Å². The van der Waals surface area contributed by atoms with Gasteiger partial charge in [-0.1, -0.05) is 59.9 Å². The van der Waals surface area contributed by atoms with Gasteiger partial charge in [0.15, 0.2) is 5.17 Å². The number of rotatable bonds is 9. The van der Waals surface area contributed by atoms with Crippen LogP contribution in [-0.4, -0.2) is 27.2 Å². The zero-order chi connectivity index (χ0) is 30.1. The van der Waals surface area contributed by atoms with Crippen LogP contribution in [0.15, 0.2) is 64.0 Å². The van der Waals surface area contributed by atoms with E-state index < -0.39 is 0 Å². The van der Waals surface area contributed by atoms with Crippen molar-refractivity contribution in [2.24, 2.45) is 16.6 Å². The van der Waals surface area contributed by atoms with Crippen LogP contribution < -0.4 is 11.1 Å². The van der Waals surface area contributed by atoms with Crippen LogP contribution in [0.2, 0.25) is 0 Å². The molecule has 3 aromatic rings. The number of allylic oxidation sites excluding steroid dienone is 2. The van der Waals surface area contributed by atoms with Gasteiger partial charge in [0.05, 0.1) is 36.1 Å². The maximum atomic E-state index is 12.6. The summed E-state index contributed by atoms with van der Waals surface area (Å²) in [5.74, 6) is -0.100. The minimum atomic E-state index is -0.353. The van der Waals surface area contributed by atoms with Gasteiger partial charge in [-0.25, -0.2) is 0 Å². The van der Waals surface area contributed by atoms with Crippen molar-refractivity contribution < 1.29 is 9.59 Å². The maximum Gasteiger partial charge on any atom is 0.252 e. The monoisotopic (exact) mass is 597 g/mol. The summed E-state index contributed by atoms with van der Waals surface area (Å²) < 4.78 is 0. The highest BCUT2D eigenvalue weighted by atomic mass is 32.2. The number of nitrogens with one attached hydrogen (secondary N) is 1. The van der Waals surface area contributed by atoms with Crippen LogP contribution in [0.25, 0.3) is 0 Å². The first-order valence-corrected chi connectivity index (χ1v) is 15.3. The van der Waals surface area contributed by atoms with Crippen molar-refractivity contribution in [3.63, 3.8) is 0 Å². The summed E-state index contributed by atoms with van der Waals surface area (Å²) >= 11 is 2.75. The molecule has 0 saturated heterocycles. The fraction of sp³-hybridized carbons (Fsp3) is 0.323. The largest absolute Gasteiger partial charge is 0.378 e. The van der Waals surface area contributed by atoms with E-state index in [-0.39, 0.29) is 41.7 Å². The molecule has 0 radical (unpaired) electrons. The number of nitrogens with two attached hydrogens (primary N) is 1. The Hall–Kier alpha value is -4.32. The van der Waals surface area contributed by atoms with E-state index in [9.17, 15) is 9.59 Å². The molecule has 0 spiro atoms. The van der Waals surface area contributed by atoms with E-state index in [2.05, 4.69) is 46.5 Å². The number of nitriles is 2. The highest BCUT2D eigenvalue weighted by Gasteiger charge is 2.32. The van der Waals surface area contributed by atoms with Crippen molar-refractivity contribution in [1.82, 2.24) is 10.2 Å². The Bertz CT molecular complexity index is 1610. The lowest BCUT2D eigenvalue weighted by molar-refractivity contribution is -0.117. The second kappa shape index (κ2) is 14.5. The van der Waals surface area contributed by atoms with Gasteiger partial charge in [-0.15, -0.1) is 10.2 Å². The van der Waals surface area contributed by atoms with E-state index in [0.717, 1.165) is 46.7 Å². The zero-order valence-corrected chi connectivity index (χ0v) is 25.1. The third-order valence-corrected chi connectivity index (χ3v) is 9.28. The van der Waals surface area contributed by atoms with Crippen LogP contribution in [0, 0.1) is 28.6 Å². The lowest BCUT2D eigenvalue weighted by Crippen LogP contribution is -2.14. The minimum Gasteiger partial charge on any atom is -0.378 e. The quantitative estimate of drug-likeness (QED) is 0.230. The Morgan fingerprint density at radius 1 is 1.07 bits per heavy atom. The first-order valence-electron chi connectivity index (χ1n) is 13.6. The van der Waals surface area contributed by atoms with Gasteiger partial charge in [-0.3, -0.25) is 9.59 Å². The molecule has 0 aliphatic heterocycles. The van der Waals surface area contributed by atoms with E-state index >= 15 is 0 Å². The molecule has 1 saturated carbocycles. The number of aromatic nitrogens is 2. The number of amides is 2. The van der Waals surface area contributed by atoms with Crippen LogP contribution >= 0.6 is 23.1 Å². The second-order valence-corrected chi connectivity index (χ2v) is 12.2. The number of anilines is 1. The topological polar surface area (TPSA) is 158 Å². The number of thioether (sulfide) groups is 1. The second-order valence-electron chi connectivity index (χ2n) is 10.1. The summed E-state index contributed by atoms with van der Waals surface area (Å²) in [6, 6.07) is 18.1. The Morgan fingerprint density at radius 3 is 2.38 bits per heavy atom. The van der Waals surface area contributed by atoms with E-state index in [4.69, 9.17) is 16.3 Å². The van der Waals surface area contributed by atoms with Crippen LogP contribution in [0.5, 0.6) is 0 Å². The Balaban J connectivity index is 1.36. The first-order chi connectivity index (χ1) is 20.3. The van der Waals surface area contributed by atoms with Gasteiger partial charge in [0.1, 0.15) is 5.01 Å². The number of hydrogen-bond donors (Lipinski definition) is 2. The number of nitrogens with zero attached hydrogens (tertiary/aromatic N) is 5. The van der Waals surface area contributed by atoms with Crippen LogP contribution in [0.4, 0.5) is 5.13 Å². The van der Waals surface area contributed by atoms with Gasteiger partial charge in [-0.05, 0) is 78.8 Å². The molecule has 2 aromatic carbocycles. The molecule has 1 aliphatic rings. The van der Waals surface area contributed by atoms with Crippen molar-refractivity contribution in [1.29, 1.82) is 10.5 Å². The molecule has 1 aromatic heterocycles. The van der Waals surface area contributed by atoms with Crippen molar-refractivity contribution in [2.45, 2.75) is 58.3 Å². The predicted molar refractivity (Wildman–Crippen MR) is 166 cm³/mol. The van der Waals surface area contributed by atoms with Gasteiger partial charge in [0.2, 0.25) is 11.0 Å².